The first-order valence-corrected chi connectivity index (χ1v) is 11.4. The highest BCUT2D eigenvalue weighted by Gasteiger charge is 2.29. The Bertz CT molecular complexity index is 885. The fraction of sp³-hybridized carbons (Fsp3) is 0.458. The maximum absolute atomic E-state index is 12.0. The van der Waals surface area contributed by atoms with Gasteiger partial charge in [0.05, 0.1) is 0 Å². The first-order valence-electron chi connectivity index (χ1n) is 10.6. The summed E-state index contributed by atoms with van der Waals surface area (Å²) in [7, 11) is 2.21. The number of likely N-dealkylation sites (N-methyl/N-ethyl adjacent to an activating group) is 1. The predicted molar refractivity (Wildman–Crippen MR) is 134 cm³/mol. The zero-order valence-electron chi connectivity index (χ0n) is 18.5. The average molecular weight is 483 g/mol. The molecule has 2 aromatic carbocycles. The van der Waals surface area contributed by atoms with Crippen LogP contribution in [0.2, 0.25) is 0 Å². The highest BCUT2D eigenvalue weighted by atomic mass is 35.5. The molecule has 0 unspecified atom stereocenters. The van der Waals surface area contributed by atoms with Crippen molar-refractivity contribution in [2.45, 2.75) is 42.6 Å². The van der Waals surface area contributed by atoms with E-state index < -0.39 is 0 Å². The van der Waals surface area contributed by atoms with E-state index in [-0.39, 0.29) is 36.6 Å². The van der Waals surface area contributed by atoms with Gasteiger partial charge in [-0.3, -0.25) is 9.69 Å². The average Bonchev–Trinajstić information content (AvgIpc) is 2.89. The molecule has 1 amide bonds. The number of nitrogens with one attached hydrogen (secondary N) is 1. The summed E-state index contributed by atoms with van der Waals surface area (Å²) in [6.45, 7) is 8.89. The van der Waals surface area contributed by atoms with Crippen molar-refractivity contribution in [3.05, 3.63) is 59.2 Å². The van der Waals surface area contributed by atoms with Gasteiger partial charge >= 0.3 is 0 Å². The summed E-state index contributed by atoms with van der Waals surface area (Å²) in [6.07, 6.45) is 1.04. The summed E-state index contributed by atoms with van der Waals surface area (Å²) in [5.74, 6) is 0.122. The van der Waals surface area contributed by atoms with E-state index in [0.29, 0.717) is 12.6 Å². The van der Waals surface area contributed by atoms with Gasteiger partial charge < -0.3 is 10.2 Å². The number of nitrogens with zero attached hydrogens (tertiary/aromatic N) is 2. The van der Waals surface area contributed by atoms with Crippen molar-refractivity contribution in [1.29, 1.82) is 0 Å². The molecule has 2 aliphatic heterocycles. The van der Waals surface area contributed by atoms with Gasteiger partial charge in [-0.1, -0.05) is 55.9 Å². The summed E-state index contributed by atoms with van der Waals surface area (Å²) < 4.78 is 0. The lowest BCUT2D eigenvalue weighted by molar-refractivity contribution is -0.124. The molecule has 0 aromatic heterocycles. The van der Waals surface area contributed by atoms with E-state index in [9.17, 15) is 4.79 Å². The van der Waals surface area contributed by atoms with Gasteiger partial charge in [0.25, 0.3) is 0 Å². The van der Waals surface area contributed by atoms with Crippen LogP contribution in [0.5, 0.6) is 0 Å². The molecule has 0 spiro atoms. The summed E-state index contributed by atoms with van der Waals surface area (Å²) >= 11 is 1.89. The highest BCUT2D eigenvalue weighted by Crippen LogP contribution is 2.43. The Labute approximate surface area is 203 Å². The summed E-state index contributed by atoms with van der Waals surface area (Å²) in [5.41, 5.74) is 4.03. The fourth-order valence-electron chi connectivity index (χ4n) is 4.12. The van der Waals surface area contributed by atoms with Crippen molar-refractivity contribution < 1.29 is 4.79 Å². The summed E-state index contributed by atoms with van der Waals surface area (Å²) in [5, 5.41) is 3.07. The van der Waals surface area contributed by atoms with Crippen LogP contribution in [0.3, 0.4) is 0 Å². The van der Waals surface area contributed by atoms with Gasteiger partial charge in [0.15, 0.2) is 0 Å². The number of carbonyl (C=O) groups is 1. The fourth-order valence-corrected chi connectivity index (χ4v) is 5.24. The van der Waals surface area contributed by atoms with E-state index in [1.54, 1.807) is 0 Å². The quantitative estimate of drug-likeness (QED) is 0.679. The molecule has 2 heterocycles. The molecule has 1 atom stereocenters. The minimum absolute atomic E-state index is 0. The molecule has 0 aliphatic carbocycles. The lowest BCUT2D eigenvalue weighted by atomic mass is 9.95. The number of hydrogen-bond acceptors (Lipinski definition) is 4. The number of amides is 1. The molecule has 0 bridgehead atoms. The van der Waals surface area contributed by atoms with Crippen molar-refractivity contribution in [3.63, 3.8) is 0 Å². The van der Waals surface area contributed by atoms with Gasteiger partial charge in [-0.05, 0) is 42.3 Å². The lowest BCUT2D eigenvalue weighted by Gasteiger charge is -2.38. The zero-order valence-corrected chi connectivity index (χ0v) is 20.9. The number of piperazine rings is 1. The minimum atomic E-state index is 0. The van der Waals surface area contributed by atoms with Crippen molar-refractivity contribution in [2.24, 2.45) is 5.92 Å². The maximum atomic E-state index is 12.0. The molecule has 0 saturated carbocycles. The van der Waals surface area contributed by atoms with Crippen LogP contribution in [-0.4, -0.2) is 48.9 Å². The van der Waals surface area contributed by atoms with Gasteiger partial charge in [-0.2, -0.15) is 0 Å². The Balaban J connectivity index is 0.00000171. The zero-order chi connectivity index (χ0) is 20.4. The Morgan fingerprint density at radius 1 is 1.06 bits per heavy atom. The molecule has 2 aliphatic rings. The van der Waals surface area contributed by atoms with E-state index in [4.69, 9.17) is 0 Å². The molecule has 1 N–H and O–H groups in total. The van der Waals surface area contributed by atoms with E-state index in [1.165, 1.54) is 26.5 Å². The lowest BCUT2D eigenvalue weighted by Crippen LogP contribution is -2.46. The van der Waals surface area contributed by atoms with Crippen LogP contribution in [0.25, 0.3) is 0 Å². The number of halogens is 2. The van der Waals surface area contributed by atoms with Gasteiger partial charge in [0.2, 0.25) is 5.91 Å². The SMILES string of the molecule is CC(C)C(=O)NCc1ccc2c(c1)[C@@H](N1CCN(C)CC1)Cc1ccccc1S2.Cl.Cl. The Kier molecular flexibility index (Phi) is 9.71. The number of hydrogen-bond donors (Lipinski definition) is 1. The molecule has 2 aromatic rings. The second kappa shape index (κ2) is 11.6. The highest BCUT2D eigenvalue weighted by molar-refractivity contribution is 7.99. The van der Waals surface area contributed by atoms with Crippen LogP contribution in [-0.2, 0) is 17.8 Å². The van der Waals surface area contributed by atoms with E-state index in [2.05, 4.69) is 64.6 Å². The first kappa shape index (κ1) is 26.0. The number of fused-ring (bicyclic) bond motifs is 2. The van der Waals surface area contributed by atoms with Crippen LogP contribution in [0.1, 0.15) is 36.6 Å². The largest absolute Gasteiger partial charge is 0.352 e. The standard InChI is InChI=1S/C24H31N3OS.2ClH/c1-17(2)24(28)25-16-18-8-9-23-20(14-18)21(27-12-10-26(3)11-13-27)15-19-6-4-5-7-22(19)29-23;;/h4-9,14,17,21H,10-13,15-16H2,1-3H3,(H,25,28);2*1H/t21-;;/m0../s1. The second-order valence-electron chi connectivity index (χ2n) is 8.51. The van der Waals surface area contributed by atoms with E-state index >= 15 is 0 Å². The molecule has 0 radical (unpaired) electrons. The second-order valence-corrected chi connectivity index (χ2v) is 9.60. The number of benzene rings is 2. The van der Waals surface area contributed by atoms with Crippen LogP contribution < -0.4 is 5.32 Å². The van der Waals surface area contributed by atoms with Crippen LogP contribution >= 0.6 is 36.6 Å². The molecule has 4 rings (SSSR count). The topological polar surface area (TPSA) is 35.6 Å². The van der Waals surface area contributed by atoms with Gasteiger partial charge in [0, 0.05) is 54.5 Å². The smallest absolute Gasteiger partial charge is 0.222 e. The van der Waals surface area contributed by atoms with Crippen LogP contribution in [0.4, 0.5) is 0 Å². The summed E-state index contributed by atoms with van der Waals surface area (Å²) in [4.78, 5) is 19.8. The molecule has 1 saturated heterocycles. The number of carbonyl (C=O) groups excluding carboxylic acids is 1. The molecule has 31 heavy (non-hydrogen) atoms. The number of rotatable bonds is 4. The normalized spacial score (nSPS) is 18.8. The summed E-state index contributed by atoms with van der Waals surface area (Å²) in [6, 6.07) is 16.0. The monoisotopic (exact) mass is 481 g/mol. The molecule has 170 valence electrons. The molecule has 1 fully saturated rings. The van der Waals surface area contributed by atoms with Gasteiger partial charge in [-0.15, -0.1) is 24.8 Å². The van der Waals surface area contributed by atoms with Gasteiger partial charge in [-0.25, -0.2) is 0 Å². The predicted octanol–water partition coefficient (Wildman–Crippen LogP) is 4.80. The Morgan fingerprint density at radius 2 is 1.77 bits per heavy atom. The molecule has 7 heteroatoms. The van der Waals surface area contributed by atoms with Crippen molar-refractivity contribution in [3.8, 4) is 0 Å². The molecular formula is C24H33Cl2N3OS. The van der Waals surface area contributed by atoms with E-state index in [0.717, 1.165) is 32.6 Å². The third-order valence-corrected chi connectivity index (χ3v) is 7.22. The first-order chi connectivity index (χ1) is 14.0. The Morgan fingerprint density at radius 3 is 2.48 bits per heavy atom. The van der Waals surface area contributed by atoms with Crippen molar-refractivity contribution in [2.75, 3.05) is 33.2 Å². The Hall–Kier alpha value is -1.24. The van der Waals surface area contributed by atoms with Crippen molar-refractivity contribution in [1.82, 2.24) is 15.1 Å². The molecular weight excluding hydrogens is 449 g/mol. The molecule has 4 nitrogen and oxygen atoms in total. The van der Waals surface area contributed by atoms with Crippen LogP contribution in [0, 0.1) is 5.92 Å². The maximum Gasteiger partial charge on any atom is 0.222 e. The van der Waals surface area contributed by atoms with Crippen molar-refractivity contribution >= 4 is 42.5 Å². The third kappa shape index (κ3) is 6.17. The third-order valence-electron chi connectivity index (χ3n) is 6.01. The van der Waals surface area contributed by atoms with E-state index in [1.807, 2.05) is 25.6 Å². The minimum Gasteiger partial charge on any atom is -0.352 e. The van der Waals surface area contributed by atoms with Gasteiger partial charge in [0.1, 0.15) is 0 Å². The van der Waals surface area contributed by atoms with Crippen LogP contribution in [0.15, 0.2) is 52.3 Å².